The van der Waals surface area contributed by atoms with Crippen LogP contribution >= 0.6 is 12.6 Å². The fourth-order valence-electron chi connectivity index (χ4n) is 2.57. The fraction of sp³-hybridized carbons (Fsp3) is 0.312. The summed E-state index contributed by atoms with van der Waals surface area (Å²) in [6, 6.07) is 7.79. The monoisotopic (exact) mass is 331 g/mol. The van der Waals surface area contributed by atoms with Gasteiger partial charge in [0, 0.05) is 18.3 Å². The molecule has 2 aliphatic heterocycles. The quantitative estimate of drug-likeness (QED) is 0.401. The average molecular weight is 331 g/mol. The van der Waals surface area contributed by atoms with E-state index in [-0.39, 0.29) is 12.2 Å². The predicted octanol–water partition coefficient (Wildman–Crippen LogP) is 1.24. The van der Waals surface area contributed by atoms with Crippen molar-refractivity contribution in [2.45, 2.75) is 19.1 Å². The van der Waals surface area contributed by atoms with E-state index in [4.69, 9.17) is 5.73 Å². The molecule has 23 heavy (non-hydrogen) atoms. The highest BCUT2D eigenvalue weighted by molar-refractivity contribution is 7.84. The number of hydrogen-bond acceptors (Lipinski definition) is 5. The molecule has 1 aromatic rings. The van der Waals surface area contributed by atoms with E-state index >= 15 is 0 Å². The molecule has 122 valence electrons. The zero-order valence-electron chi connectivity index (χ0n) is 12.7. The van der Waals surface area contributed by atoms with Gasteiger partial charge in [0.1, 0.15) is 6.17 Å². The molecule has 1 atom stereocenters. The minimum absolute atomic E-state index is 0.156. The van der Waals surface area contributed by atoms with E-state index in [1.165, 1.54) is 5.56 Å². The molecule has 0 fully saturated rings. The summed E-state index contributed by atoms with van der Waals surface area (Å²) in [5.41, 5.74) is 8.46. The number of hydrogen-bond donors (Lipinski definition) is 5. The lowest BCUT2D eigenvalue weighted by molar-refractivity contribution is 0.244. The average Bonchev–Trinajstić information content (AvgIpc) is 2.90. The third-order valence-electron chi connectivity index (χ3n) is 3.80. The molecule has 3 rings (SSSR count). The third kappa shape index (κ3) is 3.69. The Balaban J connectivity index is 1.68. The summed E-state index contributed by atoms with van der Waals surface area (Å²) in [6.07, 6.45) is 4.54. The number of nitrogens with one attached hydrogen (secondary N) is 3. The maximum atomic E-state index is 12.2. The Morgan fingerprint density at radius 1 is 1.26 bits per heavy atom. The number of carbonyl (C=O) groups is 1. The number of fused-ring (bicyclic) bond motifs is 1. The molecule has 6 nitrogen and oxygen atoms in total. The fourth-order valence-corrected chi connectivity index (χ4v) is 2.85. The predicted molar refractivity (Wildman–Crippen MR) is 94.9 cm³/mol. The number of amides is 2. The van der Waals surface area contributed by atoms with Crippen LogP contribution < -0.4 is 26.6 Å². The van der Waals surface area contributed by atoms with Crippen LogP contribution in [0.5, 0.6) is 0 Å². The lowest BCUT2D eigenvalue weighted by Gasteiger charge is -2.29. The molecule has 0 radical (unpaired) electrons. The summed E-state index contributed by atoms with van der Waals surface area (Å²) in [5.74, 6) is 0. The van der Waals surface area contributed by atoms with E-state index in [1.807, 2.05) is 36.5 Å². The van der Waals surface area contributed by atoms with Gasteiger partial charge in [-0.2, -0.15) is 0 Å². The van der Waals surface area contributed by atoms with Gasteiger partial charge in [-0.15, -0.1) is 12.6 Å². The molecule has 0 aliphatic carbocycles. The van der Waals surface area contributed by atoms with Crippen LogP contribution in [-0.4, -0.2) is 25.3 Å². The summed E-state index contributed by atoms with van der Waals surface area (Å²) in [6.45, 7) is 2.40. The van der Waals surface area contributed by atoms with Crippen molar-refractivity contribution in [2.75, 3.05) is 18.0 Å². The normalized spacial score (nSPS) is 19.7. The second-order valence-corrected chi connectivity index (χ2v) is 6.02. The van der Waals surface area contributed by atoms with Gasteiger partial charge in [-0.05, 0) is 43.3 Å². The molecular formula is C16H21N5OS. The molecule has 1 unspecified atom stereocenters. The van der Waals surface area contributed by atoms with Crippen LogP contribution in [0.3, 0.4) is 0 Å². The van der Waals surface area contributed by atoms with Gasteiger partial charge in [0.25, 0.3) is 0 Å². The van der Waals surface area contributed by atoms with E-state index in [1.54, 1.807) is 4.90 Å². The number of nitrogens with two attached hydrogens (primary N) is 1. The molecular weight excluding hydrogens is 310 g/mol. The first-order chi connectivity index (χ1) is 11.2. The Labute approximate surface area is 141 Å². The molecule has 0 aromatic heterocycles. The van der Waals surface area contributed by atoms with Crippen LogP contribution in [0.4, 0.5) is 10.5 Å². The maximum Gasteiger partial charge on any atom is 0.327 e. The number of carbonyl (C=O) groups excluding carboxylic acids is 1. The van der Waals surface area contributed by atoms with Gasteiger partial charge >= 0.3 is 6.03 Å². The molecule has 0 spiro atoms. The second-order valence-electron chi connectivity index (χ2n) is 5.54. The summed E-state index contributed by atoms with van der Waals surface area (Å²) in [7, 11) is 0. The topological polar surface area (TPSA) is 82.4 Å². The highest BCUT2D eigenvalue weighted by atomic mass is 32.1. The van der Waals surface area contributed by atoms with Crippen molar-refractivity contribution in [3.8, 4) is 0 Å². The Hall–Kier alpha value is -1.96. The molecule has 0 saturated heterocycles. The Kier molecular flexibility index (Phi) is 4.90. The van der Waals surface area contributed by atoms with Crippen molar-refractivity contribution in [3.05, 3.63) is 52.7 Å². The van der Waals surface area contributed by atoms with Crippen LogP contribution in [0.15, 0.2) is 47.1 Å². The highest BCUT2D eigenvalue weighted by Crippen LogP contribution is 2.25. The number of urea groups is 1. The van der Waals surface area contributed by atoms with E-state index < -0.39 is 0 Å². The lowest BCUT2D eigenvalue weighted by Crippen LogP contribution is -2.51. The van der Waals surface area contributed by atoms with Crippen LogP contribution in [0.1, 0.15) is 12.0 Å². The number of nitrogens with zero attached hydrogens (tertiary/aromatic N) is 1. The summed E-state index contributed by atoms with van der Waals surface area (Å²) < 4.78 is 0. The summed E-state index contributed by atoms with van der Waals surface area (Å²) in [4.78, 5) is 13.8. The molecule has 2 heterocycles. The van der Waals surface area contributed by atoms with Gasteiger partial charge in [0.2, 0.25) is 0 Å². The number of anilines is 1. The molecule has 0 bridgehead atoms. The molecule has 5 N–H and O–H groups in total. The van der Waals surface area contributed by atoms with Gasteiger partial charge in [-0.1, -0.05) is 12.1 Å². The van der Waals surface area contributed by atoms with Gasteiger partial charge in [-0.25, -0.2) is 4.79 Å². The van der Waals surface area contributed by atoms with Gasteiger partial charge in [0.15, 0.2) is 0 Å². The van der Waals surface area contributed by atoms with Crippen molar-refractivity contribution in [1.82, 2.24) is 16.0 Å². The van der Waals surface area contributed by atoms with Crippen molar-refractivity contribution in [2.24, 2.45) is 5.73 Å². The highest BCUT2D eigenvalue weighted by Gasteiger charge is 2.29. The minimum atomic E-state index is -0.183. The minimum Gasteiger partial charge on any atom is -0.356 e. The number of rotatable bonds is 6. The first kappa shape index (κ1) is 15.9. The maximum absolute atomic E-state index is 12.2. The molecule has 1 aromatic carbocycles. The van der Waals surface area contributed by atoms with Crippen molar-refractivity contribution >= 4 is 24.3 Å². The van der Waals surface area contributed by atoms with Gasteiger partial charge < -0.3 is 21.7 Å². The Bertz CT molecular complexity index is 640. The Morgan fingerprint density at radius 2 is 2.04 bits per heavy atom. The smallest absolute Gasteiger partial charge is 0.327 e. The molecule has 7 heteroatoms. The van der Waals surface area contributed by atoms with Crippen molar-refractivity contribution in [1.29, 1.82) is 0 Å². The van der Waals surface area contributed by atoms with Crippen molar-refractivity contribution in [3.63, 3.8) is 0 Å². The van der Waals surface area contributed by atoms with E-state index in [0.717, 1.165) is 35.8 Å². The van der Waals surface area contributed by atoms with Crippen LogP contribution in [0.2, 0.25) is 0 Å². The first-order valence-corrected chi connectivity index (χ1v) is 8.10. The van der Waals surface area contributed by atoms with Crippen LogP contribution in [0.25, 0.3) is 0 Å². The largest absolute Gasteiger partial charge is 0.356 e. The van der Waals surface area contributed by atoms with E-state index in [2.05, 4.69) is 28.6 Å². The standard InChI is InChI=1S/C16H21N5OS/c17-6-1-7-18-9-11-2-4-13(5-3-11)21-10-12-8-14(23)19-15(12)20-16(21)22/h2-5,8,10,15,18-19,23H,1,6-7,9,17H2,(H,20,22). The van der Waals surface area contributed by atoms with Crippen LogP contribution in [-0.2, 0) is 6.54 Å². The van der Waals surface area contributed by atoms with E-state index in [9.17, 15) is 4.79 Å². The Morgan fingerprint density at radius 3 is 2.78 bits per heavy atom. The zero-order chi connectivity index (χ0) is 16.2. The number of benzene rings is 1. The zero-order valence-corrected chi connectivity index (χ0v) is 13.6. The second kappa shape index (κ2) is 7.08. The van der Waals surface area contributed by atoms with E-state index in [0.29, 0.717) is 6.54 Å². The van der Waals surface area contributed by atoms with Crippen LogP contribution in [0, 0.1) is 0 Å². The third-order valence-corrected chi connectivity index (χ3v) is 4.05. The summed E-state index contributed by atoms with van der Waals surface area (Å²) >= 11 is 4.28. The SMILES string of the molecule is NCCCNCc1ccc(N2C=C3C=C(S)NC3NC2=O)cc1. The molecule has 2 aliphatic rings. The molecule has 0 saturated carbocycles. The molecule has 2 amide bonds. The number of thiol groups is 1. The first-order valence-electron chi connectivity index (χ1n) is 7.66. The van der Waals surface area contributed by atoms with Gasteiger partial charge in [-0.3, -0.25) is 4.90 Å². The van der Waals surface area contributed by atoms with Gasteiger partial charge in [0.05, 0.1) is 10.7 Å². The van der Waals surface area contributed by atoms with Crippen molar-refractivity contribution < 1.29 is 4.79 Å². The summed E-state index contributed by atoms with van der Waals surface area (Å²) in [5, 5.41) is 10.1. The lowest BCUT2D eigenvalue weighted by atomic mass is 10.1.